The molecular formula is C20H26N4O3. The molecule has 7 nitrogen and oxygen atoms in total. The molecule has 2 saturated heterocycles. The largest absolute Gasteiger partial charge is 0.322 e. The lowest BCUT2D eigenvalue weighted by atomic mass is 10.0. The maximum Gasteiger partial charge on any atom is 0.255 e. The maximum absolute atomic E-state index is 12.7. The lowest BCUT2D eigenvalue weighted by Gasteiger charge is -2.29. The Morgan fingerprint density at radius 3 is 2.85 bits per heavy atom. The van der Waals surface area contributed by atoms with Crippen molar-refractivity contribution in [2.75, 3.05) is 13.1 Å². The fraction of sp³-hybridized carbons (Fsp3) is 0.550. The third-order valence-corrected chi connectivity index (χ3v) is 5.79. The van der Waals surface area contributed by atoms with E-state index in [4.69, 9.17) is 0 Å². The Bertz CT molecular complexity index is 778. The van der Waals surface area contributed by atoms with Crippen LogP contribution in [0, 0.1) is 5.92 Å². The summed E-state index contributed by atoms with van der Waals surface area (Å²) in [7, 11) is 0. The summed E-state index contributed by atoms with van der Waals surface area (Å²) < 4.78 is 0. The predicted octanol–water partition coefficient (Wildman–Crippen LogP) is 0.535. The Balaban J connectivity index is 1.37. The number of hydrogen-bond acceptors (Lipinski definition) is 5. The van der Waals surface area contributed by atoms with Gasteiger partial charge in [-0.25, -0.2) is 0 Å². The summed E-state index contributed by atoms with van der Waals surface area (Å²) in [5, 5.41) is 9.31. The predicted molar refractivity (Wildman–Crippen MR) is 99.8 cm³/mol. The molecule has 0 bridgehead atoms. The molecule has 7 heteroatoms. The molecule has 3 heterocycles. The van der Waals surface area contributed by atoms with Crippen molar-refractivity contribution in [3.05, 3.63) is 34.9 Å². The van der Waals surface area contributed by atoms with Gasteiger partial charge in [0.25, 0.3) is 5.91 Å². The van der Waals surface area contributed by atoms with Gasteiger partial charge in [-0.3, -0.25) is 19.7 Å². The molecule has 1 aromatic rings. The van der Waals surface area contributed by atoms with Gasteiger partial charge >= 0.3 is 0 Å². The van der Waals surface area contributed by atoms with Gasteiger partial charge < -0.3 is 15.5 Å². The quantitative estimate of drug-likeness (QED) is 0.658. The Hall–Kier alpha value is -2.25. The topological polar surface area (TPSA) is 90.5 Å². The summed E-state index contributed by atoms with van der Waals surface area (Å²) in [5.41, 5.74) is 2.77. The van der Waals surface area contributed by atoms with E-state index in [1.54, 1.807) is 4.90 Å². The third kappa shape index (κ3) is 3.75. The highest BCUT2D eigenvalue weighted by Crippen LogP contribution is 2.28. The first kappa shape index (κ1) is 18.1. The minimum Gasteiger partial charge on any atom is -0.322 e. The summed E-state index contributed by atoms with van der Waals surface area (Å²) in [5.74, 6) is -0.0848. The molecule has 3 N–H and O–H groups in total. The number of amides is 3. The van der Waals surface area contributed by atoms with Crippen LogP contribution in [0.1, 0.15) is 47.7 Å². The lowest BCUT2D eigenvalue weighted by molar-refractivity contribution is -0.136. The molecule has 0 saturated carbocycles. The van der Waals surface area contributed by atoms with Crippen molar-refractivity contribution in [1.82, 2.24) is 20.9 Å². The Morgan fingerprint density at radius 1 is 1.26 bits per heavy atom. The van der Waals surface area contributed by atoms with Crippen LogP contribution in [0.5, 0.6) is 0 Å². The number of nitrogens with one attached hydrogen (secondary N) is 3. The number of fused-ring (bicyclic) bond motifs is 1. The van der Waals surface area contributed by atoms with E-state index >= 15 is 0 Å². The molecule has 27 heavy (non-hydrogen) atoms. The number of rotatable bonds is 5. The van der Waals surface area contributed by atoms with E-state index in [0.29, 0.717) is 30.5 Å². The van der Waals surface area contributed by atoms with Crippen molar-refractivity contribution in [3.8, 4) is 0 Å². The molecule has 4 rings (SSSR count). The average Bonchev–Trinajstić information content (AvgIpc) is 3.18. The molecule has 3 atom stereocenters. The molecule has 3 unspecified atom stereocenters. The first-order valence-electron chi connectivity index (χ1n) is 9.72. The van der Waals surface area contributed by atoms with Gasteiger partial charge in [0.15, 0.2) is 0 Å². The van der Waals surface area contributed by atoms with E-state index in [1.165, 1.54) is 6.42 Å². The summed E-state index contributed by atoms with van der Waals surface area (Å²) in [6.07, 6.45) is 1.87. The zero-order valence-electron chi connectivity index (χ0n) is 15.6. The zero-order chi connectivity index (χ0) is 19.0. The van der Waals surface area contributed by atoms with Gasteiger partial charge in [0.2, 0.25) is 11.8 Å². The molecule has 144 valence electrons. The van der Waals surface area contributed by atoms with Gasteiger partial charge in [0.05, 0.1) is 0 Å². The number of benzene rings is 1. The summed E-state index contributed by atoms with van der Waals surface area (Å²) in [6.45, 7) is 5.46. The van der Waals surface area contributed by atoms with Crippen molar-refractivity contribution in [1.29, 1.82) is 0 Å². The van der Waals surface area contributed by atoms with Crippen molar-refractivity contribution < 1.29 is 14.4 Å². The lowest BCUT2D eigenvalue weighted by Crippen LogP contribution is -2.52. The Kier molecular flexibility index (Phi) is 4.97. The SMILES string of the molecule is CC1CC(CNCc2ccc3c(c2)CN(C2CCC(=O)NC2=O)C3=O)CN1. The van der Waals surface area contributed by atoms with E-state index < -0.39 is 6.04 Å². The standard InChI is InChI=1S/C20H26N4O3/c1-12-6-14(10-22-12)9-21-8-13-2-3-16-15(7-13)11-24(20(16)27)17-4-5-18(25)23-19(17)26/h2-3,7,12,14,17,21-22H,4-6,8-11H2,1H3,(H,23,25,26). The number of hydrogen-bond donors (Lipinski definition) is 3. The van der Waals surface area contributed by atoms with Crippen LogP contribution < -0.4 is 16.0 Å². The minimum atomic E-state index is -0.555. The van der Waals surface area contributed by atoms with E-state index in [9.17, 15) is 14.4 Å². The van der Waals surface area contributed by atoms with Crippen molar-refractivity contribution in [2.45, 2.75) is 51.4 Å². The van der Waals surface area contributed by atoms with E-state index in [0.717, 1.165) is 30.8 Å². The van der Waals surface area contributed by atoms with Crippen LogP contribution >= 0.6 is 0 Å². The van der Waals surface area contributed by atoms with Gasteiger partial charge in [-0.15, -0.1) is 0 Å². The fourth-order valence-electron chi connectivity index (χ4n) is 4.35. The van der Waals surface area contributed by atoms with Gasteiger partial charge in [0, 0.05) is 31.1 Å². The highest BCUT2D eigenvalue weighted by molar-refractivity contribution is 6.05. The van der Waals surface area contributed by atoms with Crippen molar-refractivity contribution in [3.63, 3.8) is 0 Å². The molecule has 3 aliphatic rings. The number of piperidine rings is 1. The second-order valence-corrected chi connectivity index (χ2v) is 7.93. The third-order valence-electron chi connectivity index (χ3n) is 5.79. The minimum absolute atomic E-state index is 0.120. The molecule has 0 radical (unpaired) electrons. The monoisotopic (exact) mass is 370 g/mol. The molecule has 3 aliphatic heterocycles. The average molecular weight is 370 g/mol. The molecular weight excluding hydrogens is 344 g/mol. The summed E-state index contributed by atoms with van der Waals surface area (Å²) in [4.78, 5) is 37.7. The molecule has 0 spiro atoms. The van der Waals surface area contributed by atoms with Crippen LogP contribution in [0.4, 0.5) is 0 Å². The number of carbonyl (C=O) groups is 3. The van der Waals surface area contributed by atoms with Crippen molar-refractivity contribution >= 4 is 17.7 Å². The van der Waals surface area contributed by atoms with Gasteiger partial charge in [0.1, 0.15) is 6.04 Å². The second-order valence-electron chi connectivity index (χ2n) is 7.93. The zero-order valence-corrected chi connectivity index (χ0v) is 15.6. The van der Waals surface area contributed by atoms with Crippen LogP contribution in [0.25, 0.3) is 0 Å². The normalized spacial score (nSPS) is 27.8. The van der Waals surface area contributed by atoms with Gasteiger partial charge in [-0.2, -0.15) is 0 Å². The number of nitrogens with zero attached hydrogens (tertiary/aromatic N) is 1. The highest BCUT2D eigenvalue weighted by Gasteiger charge is 2.39. The van der Waals surface area contributed by atoms with Crippen LogP contribution in [-0.2, 0) is 22.7 Å². The Morgan fingerprint density at radius 2 is 2.11 bits per heavy atom. The van der Waals surface area contributed by atoms with Crippen LogP contribution in [0.15, 0.2) is 18.2 Å². The first-order chi connectivity index (χ1) is 13.0. The second kappa shape index (κ2) is 7.40. The fourth-order valence-corrected chi connectivity index (χ4v) is 4.35. The maximum atomic E-state index is 12.7. The molecule has 0 aromatic heterocycles. The van der Waals surface area contributed by atoms with Crippen molar-refractivity contribution in [2.24, 2.45) is 5.92 Å². The number of imide groups is 1. The number of carbonyl (C=O) groups excluding carboxylic acids is 3. The molecule has 3 amide bonds. The van der Waals surface area contributed by atoms with E-state index in [-0.39, 0.29) is 24.1 Å². The van der Waals surface area contributed by atoms with Gasteiger partial charge in [-0.1, -0.05) is 12.1 Å². The molecule has 1 aromatic carbocycles. The van der Waals surface area contributed by atoms with Crippen LogP contribution in [0.3, 0.4) is 0 Å². The van der Waals surface area contributed by atoms with Crippen LogP contribution in [0.2, 0.25) is 0 Å². The van der Waals surface area contributed by atoms with E-state index in [1.807, 2.05) is 12.1 Å². The summed E-state index contributed by atoms with van der Waals surface area (Å²) >= 11 is 0. The first-order valence-corrected chi connectivity index (χ1v) is 9.72. The summed E-state index contributed by atoms with van der Waals surface area (Å²) in [6, 6.07) is 5.94. The van der Waals surface area contributed by atoms with E-state index in [2.05, 4.69) is 28.9 Å². The van der Waals surface area contributed by atoms with Crippen LogP contribution in [-0.4, -0.2) is 47.8 Å². The highest BCUT2D eigenvalue weighted by atomic mass is 16.2. The smallest absolute Gasteiger partial charge is 0.255 e. The molecule has 2 fully saturated rings. The Labute approximate surface area is 158 Å². The molecule has 0 aliphatic carbocycles. The van der Waals surface area contributed by atoms with Gasteiger partial charge in [-0.05, 0) is 56.0 Å².